The molecule has 1 aromatic heterocycles. The number of ether oxygens (including phenoxy) is 1. The summed E-state index contributed by atoms with van der Waals surface area (Å²) in [6.07, 6.45) is 2.93. The van der Waals surface area contributed by atoms with Gasteiger partial charge in [-0.2, -0.15) is 0 Å². The Morgan fingerprint density at radius 2 is 1.62 bits per heavy atom. The van der Waals surface area contributed by atoms with E-state index in [1.807, 2.05) is 0 Å². The number of hydrogen-bond acceptors (Lipinski definition) is 5. The summed E-state index contributed by atoms with van der Waals surface area (Å²) in [5, 5.41) is 2.59. The van der Waals surface area contributed by atoms with Gasteiger partial charge in [-0.3, -0.25) is 14.6 Å². The monoisotopic (exact) mass is 327 g/mol. The maximum absolute atomic E-state index is 11.8. The molecule has 0 spiro atoms. The van der Waals surface area contributed by atoms with Crippen molar-refractivity contribution >= 4 is 23.5 Å². The number of benzene rings is 1. The highest BCUT2D eigenvalue weighted by molar-refractivity contribution is 5.97. The van der Waals surface area contributed by atoms with Crippen LogP contribution < -0.4 is 5.32 Å². The molecule has 0 saturated carbocycles. The van der Waals surface area contributed by atoms with Crippen molar-refractivity contribution in [2.24, 2.45) is 0 Å². The van der Waals surface area contributed by atoms with Crippen molar-refractivity contribution < 1.29 is 19.1 Å². The Balaban J connectivity index is 1.86. The summed E-state index contributed by atoms with van der Waals surface area (Å²) in [4.78, 5) is 40.5. The lowest BCUT2D eigenvalue weighted by atomic mass is 10.2. The minimum Gasteiger partial charge on any atom is -0.452 e. The zero-order valence-electron chi connectivity index (χ0n) is 13.4. The molecular weight excluding hydrogens is 310 g/mol. The summed E-state index contributed by atoms with van der Waals surface area (Å²) in [6, 6.07) is 9.45. The first-order valence-corrected chi connectivity index (χ1v) is 7.16. The van der Waals surface area contributed by atoms with E-state index in [-0.39, 0.29) is 5.91 Å². The lowest BCUT2D eigenvalue weighted by Crippen LogP contribution is -2.22. The van der Waals surface area contributed by atoms with Crippen LogP contribution in [-0.2, 0) is 9.53 Å². The molecule has 0 aliphatic heterocycles. The fourth-order valence-corrected chi connectivity index (χ4v) is 1.85. The maximum atomic E-state index is 11.8. The molecule has 1 heterocycles. The lowest BCUT2D eigenvalue weighted by Gasteiger charge is -2.11. The van der Waals surface area contributed by atoms with Crippen LogP contribution in [0, 0.1) is 0 Å². The zero-order valence-corrected chi connectivity index (χ0v) is 13.4. The van der Waals surface area contributed by atoms with Crippen molar-refractivity contribution in [2.45, 2.75) is 0 Å². The predicted octanol–water partition coefficient (Wildman–Crippen LogP) is 1.58. The lowest BCUT2D eigenvalue weighted by molar-refractivity contribution is -0.119. The van der Waals surface area contributed by atoms with Crippen LogP contribution in [0.15, 0.2) is 48.8 Å². The van der Waals surface area contributed by atoms with Gasteiger partial charge < -0.3 is 15.0 Å². The third kappa shape index (κ3) is 4.64. The van der Waals surface area contributed by atoms with Gasteiger partial charge in [0.05, 0.1) is 5.56 Å². The van der Waals surface area contributed by atoms with E-state index in [0.29, 0.717) is 16.8 Å². The second-order valence-electron chi connectivity index (χ2n) is 5.14. The highest BCUT2D eigenvalue weighted by Crippen LogP contribution is 2.11. The van der Waals surface area contributed by atoms with Crippen LogP contribution >= 0.6 is 0 Å². The molecular formula is C17H17N3O4. The average Bonchev–Trinajstić information content (AvgIpc) is 2.60. The molecule has 0 atom stereocenters. The van der Waals surface area contributed by atoms with Gasteiger partial charge in [0.1, 0.15) is 0 Å². The number of carbonyl (C=O) groups is 3. The molecule has 0 bridgehead atoms. The first-order chi connectivity index (χ1) is 11.5. The number of rotatable bonds is 5. The van der Waals surface area contributed by atoms with Crippen LogP contribution in [0.2, 0.25) is 0 Å². The van der Waals surface area contributed by atoms with Crippen LogP contribution in [0.25, 0.3) is 0 Å². The van der Waals surface area contributed by atoms with Gasteiger partial charge in [-0.1, -0.05) is 0 Å². The normalized spacial score (nSPS) is 9.92. The van der Waals surface area contributed by atoms with Gasteiger partial charge in [-0.05, 0) is 36.4 Å². The van der Waals surface area contributed by atoms with E-state index in [2.05, 4.69) is 10.3 Å². The second-order valence-corrected chi connectivity index (χ2v) is 5.14. The Morgan fingerprint density at radius 1 is 1.00 bits per heavy atom. The molecule has 124 valence electrons. The number of amides is 2. The Labute approximate surface area is 139 Å². The van der Waals surface area contributed by atoms with Crippen LogP contribution in [0.1, 0.15) is 20.7 Å². The van der Waals surface area contributed by atoms with Gasteiger partial charge in [0.15, 0.2) is 6.61 Å². The molecule has 1 aromatic carbocycles. The molecule has 0 aliphatic carbocycles. The SMILES string of the molecule is CN(C)C(=O)c1ccc(NC(=O)COC(=O)c2ccncc2)cc1. The highest BCUT2D eigenvalue weighted by atomic mass is 16.5. The largest absolute Gasteiger partial charge is 0.452 e. The molecule has 1 N–H and O–H groups in total. The van der Waals surface area contributed by atoms with Crippen molar-refractivity contribution in [1.82, 2.24) is 9.88 Å². The molecule has 0 aliphatic rings. The summed E-state index contributed by atoms with van der Waals surface area (Å²) < 4.78 is 4.92. The van der Waals surface area contributed by atoms with Crippen molar-refractivity contribution in [3.8, 4) is 0 Å². The smallest absolute Gasteiger partial charge is 0.338 e. The Hall–Kier alpha value is -3.22. The number of carbonyl (C=O) groups excluding carboxylic acids is 3. The van der Waals surface area contributed by atoms with Crippen molar-refractivity contribution in [3.63, 3.8) is 0 Å². The van der Waals surface area contributed by atoms with Crippen molar-refractivity contribution in [2.75, 3.05) is 26.0 Å². The fourth-order valence-electron chi connectivity index (χ4n) is 1.85. The molecule has 24 heavy (non-hydrogen) atoms. The minimum atomic E-state index is -0.598. The summed E-state index contributed by atoms with van der Waals surface area (Å²) in [7, 11) is 3.32. The van der Waals surface area contributed by atoms with Crippen LogP contribution in [-0.4, -0.2) is 48.4 Å². The van der Waals surface area contributed by atoms with E-state index >= 15 is 0 Å². The number of aromatic nitrogens is 1. The summed E-state index contributed by atoms with van der Waals surface area (Å²) in [5.74, 6) is -1.19. The molecule has 7 heteroatoms. The summed E-state index contributed by atoms with van der Waals surface area (Å²) >= 11 is 0. The third-order valence-electron chi connectivity index (χ3n) is 3.07. The van der Waals surface area contributed by atoms with E-state index in [4.69, 9.17) is 4.74 Å². The molecule has 2 aromatic rings. The Morgan fingerprint density at radius 3 is 2.21 bits per heavy atom. The average molecular weight is 327 g/mol. The van der Waals surface area contributed by atoms with Crippen molar-refractivity contribution in [3.05, 3.63) is 59.9 Å². The van der Waals surface area contributed by atoms with Crippen LogP contribution in [0.3, 0.4) is 0 Å². The Kier molecular flexibility index (Phi) is 5.62. The molecule has 0 saturated heterocycles. The minimum absolute atomic E-state index is 0.126. The molecule has 0 unspecified atom stereocenters. The quantitative estimate of drug-likeness (QED) is 0.842. The molecule has 2 rings (SSSR count). The number of anilines is 1. The number of nitrogens with zero attached hydrogens (tertiary/aromatic N) is 2. The maximum Gasteiger partial charge on any atom is 0.338 e. The second kappa shape index (κ2) is 7.87. The van der Waals surface area contributed by atoms with Gasteiger partial charge in [-0.15, -0.1) is 0 Å². The first kappa shape index (κ1) is 17.1. The third-order valence-corrected chi connectivity index (χ3v) is 3.07. The number of hydrogen-bond donors (Lipinski definition) is 1. The van der Waals surface area contributed by atoms with Gasteiger partial charge >= 0.3 is 5.97 Å². The molecule has 0 radical (unpaired) electrons. The van der Waals surface area contributed by atoms with Crippen LogP contribution in [0.5, 0.6) is 0 Å². The fraction of sp³-hybridized carbons (Fsp3) is 0.176. The first-order valence-electron chi connectivity index (χ1n) is 7.16. The van der Waals surface area contributed by atoms with E-state index in [1.165, 1.54) is 29.4 Å². The van der Waals surface area contributed by atoms with Gasteiger partial charge in [-0.25, -0.2) is 4.79 Å². The van der Waals surface area contributed by atoms with Gasteiger partial charge in [0.2, 0.25) is 0 Å². The number of nitrogens with one attached hydrogen (secondary N) is 1. The molecule has 7 nitrogen and oxygen atoms in total. The van der Waals surface area contributed by atoms with E-state index < -0.39 is 18.5 Å². The van der Waals surface area contributed by atoms with Gasteiger partial charge in [0, 0.05) is 37.7 Å². The molecule has 0 fully saturated rings. The van der Waals surface area contributed by atoms with E-state index in [9.17, 15) is 14.4 Å². The van der Waals surface area contributed by atoms with E-state index in [0.717, 1.165) is 0 Å². The predicted molar refractivity (Wildman–Crippen MR) is 87.6 cm³/mol. The molecule has 2 amide bonds. The van der Waals surface area contributed by atoms with Gasteiger partial charge in [0.25, 0.3) is 11.8 Å². The summed E-state index contributed by atoms with van der Waals surface area (Å²) in [6.45, 7) is -0.403. The topological polar surface area (TPSA) is 88.6 Å². The number of pyridine rings is 1. The standard InChI is InChI=1S/C17H17N3O4/c1-20(2)16(22)12-3-5-14(6-4-12)19-15(21)11-24-17(23)13-7-9-18-10-8-13/h3-10H,11H2,1-2H3,(H,19,21). The highest BCUT2D eigenvalue weighted by Gasteiger charge is 2.11. The Bertz CT molecular complexity index is 727. The van der Waals surface area contributed by atoms with Crippen LogP contribution in [0.4, 0.5) is 5.69 Å². The zero-order chi connectivity index (χ0) is 17.5. The van der Waals surface area contributed by atoms with Crippen molar-refractivity contribution in [1.29, 1.82) is 0 Å². The summed E-state index contributed by atoms with van der Waals surface area (Å²) in [5.41, 5.74) is 1.35. The number of esters is 1. The van der Waals surface area contributed by atoms with E-state index in [1.54, 1.807) is 38.4 Å².